The molecule has 0 N–H and O–H groups in total. The molecule has 0 bridgehead atoms. The molecule has 1 aromatic rings. The van der Waals surface area contributed by atoms with Gasteiger partial charge in [-0.15, -0.1) is 5.10 Å². The first kappa shape index (κ1) is 6.91. The molecule has 5 heteroatoms. The van der Waals surface area contributed by atoms with E-state index in [4.69, 9.17) is 0 Å². The number of hydrogen-bond donors (Lipinski definition) is 0. The first-order chi connectivity index (χ1) is 4.34. The van der Waals surface area contributed by atoms with Gasteiger partial charge in [0.25, 0.3) is 0 Å². The van der Waals surface area contributed by atoms with E-state index in [1.54, 1.807) is 2.90 Å². The molecule has 0 saturated carbocycles. The average Bonchev–Trinajstić information content (AvgIpc) is 2.18. The van der Waals surface area contributed by atoms with Crippen LogP contribution in [0.1, 0.15) is 19.2 Å². The van der Waals surface area contributed by atoms with Gasteiger partial charge in [-0.25, -0.2) is 0 Å². The predicted molar refractivity (Wildman–Crippen MR) is 41.2 cm³/mol. The highest BCUT2D eigenvalue weighted by Crippen LogP contribution is 1.98. The summed E-state index contributed by atoms with van der Waals surface area (Å²) in [5, 5.41) is 11.0. The predicted octanol–water partition coefficient (Wildman–Crippen LogP) is 0.824. The van der Waals surface area contributed by atoms with Crippen molar-refractivity contribution in [2.45, 2.75) is 19.8 Å². The van der Waals surface area contributed by atoms with Crippen LogP contribution < -0.4 is 0 Å². The van der Waals surface area contributed by atoms with Crippen LogP contribution >= 0.6 is 22.9 Å². The van der Waals surface area contributed by atoms with E-state index >= 15 is 0 Å². The Morgan fingerprint density at radius 3 is 2.89 bits per heavy atom. The van der Waals surface area contributed by atoms with Crippen molar-refractivity contribution in [1.29, 1.82) is 0 Å². The van der Waals surface area contributed by atoms with E-state index in [1.807, 2.05) is 0 Å². The number of rotatable bonds is 2. The zero-order chi connectivity index (χ0) is 6.69. The quantitative estimate of drug-likeness (QED) is 0.716. The van der Waals surface area contributed by atoms with Gasteiger partial charge in [-0.05, 0) is 16.8 Å². The molecule has 0 atom stereocenters. The third-order valence-corrected chi connectivity index (χ3v) is 1.72. The number of aryl methyl sites for hydroxylation is 1. The van der Waals surface area contributed by atoms with Gasteiger partial charge in [0.1, 0.15) is 0 Å². The van der Waals surface area contributed by atoms with E-state index in [0.717, 1.165) is 18.7 Å². The Morgan fingerprint density at radius 1 is 1.67 bits per heavy atom. The normalized spacial score (nSPS) is 10.0. The van der Waals surface area contributed by atoms with Crippen LogP contribution in [0.2, 0.25) is 0 Å². The minimum Gasteiger partial charge on any atom is -0.168 e. The van der Waals surface area contributed by atoms with Crippen LogP contribution in [0, 0.1) is 0 Å². The average molecular weight is 238 g/mol. The van der Waals surface area contributed by atoms with E-state index in [0.29, 0.717) is 0 Å². The van der Waals surface area contributed by atoms with Crippen molar-refractivity contribution in [3.8, 4) is 0 Å². The Labute approximate surface area is 67.1 Å². The molecule has 9 heavy (non-hydrogen) atoms. The summed E-state index contributed by atoms with van der Waals surface area (Å²) in [5.74, 6) is 0.943. The Bertz CT molecular complexity index is 184. The summed E-state index contributed by atoms with van der Waals surface area (Å²) in [6.45, 7) is 2.10. The van der Waals surface area contributed by atoms with Crippen LogP contribution in [-0.4, -0.2) is 18.4 Å². The standard InChI is InChI=1S/C4H7IN4/c1-2-3-4-6-7-8-9(4)5/h2-3H2,1H3. The van der Waals surface area contributed by atoms with Gasteiger partial charge in [0.05, 0.1) is 22.9 Å². The fourth-order valence-electron chi connectivity index (χ4n) is 0.561. The molecule has 4 nitrogen and oxygen atoms in total. The summed E-state index contributed by atoms with van der Waals surface area (Å²) >= 11 is 2.06. The molecule has 50 valence electrons. The summed E-state index contributed by atoms with van der Waals surface area (Å²) < 4.78 is 1.67. The van der Waals surface area contributed by atoms with Crippen LogP contribution in [0.25, 0.3) is 0 Å². The smallest absolute Gasteiger partial charge is 0.162 e. The highest BCUT2D eigenvalue weighted by Gasteiger charge is 1.98. The number of halogens is 1. The van der Waals surface area contributed by atoms with Crippen molar-refractivity contribution in [1.82, 2.24) is 18.4 Å². The molecule has 0 aromatic carbocycles. The molecule has 1 aromatic heterocycles. The van der Waals surface area contributed by atoms with Crippen molar-refractivity contribution >= 4 is 22.9 Å². The molecular formula is C4H7IN4. The van der Waals surface area contributed by atoms with Crippen LogP contribution in [0.4, 0.5) is 0 Å². The Balaban J connectivity index is 2.69. The van der Waals surface area contributed by atoms with Gasteiger partial charge in [0.2, 0.25) is 0 Å². The van der Waals surface area contributed by atoms with Gasteiger partial charge in [-0.1, -0.05) is 6.92 Å². The molecule has 0 radical (unpaired) electrons. The van der Waals surface area contributed by atoms with Gasteiger partial charge in [-0.2, -0.15) is 2.90 Å². The van der Waals surface area contributed by atoms with E-state index in [1.165, 1.54) is 0 Å². The SMILES string of the molecule is CCCc1nnnn1I. The van der Waals surface area contributed by atoms with E-state index in [9.17, 15) is 0 Å². The second-order valence-corrected chi connectivity index (χ2v) is 2.62. The molecule has 1 heterocycles. The Hall–Kier alpha value is -0.200. The number of aromatic nitrogens is 4. The number of tetrazole rings is 1. The zero-order valence-corrected chi connectivity index (χ0v) is 7.24. The third-order valence-electron chi connectivity index (χ3n) is 0.965. The minimum absolute atomic E-state index is 0.943. The molecule has 0 saturated heterocycles. The van der Waals surface area contributed by atoms with Gasteiger partial charge < -0.3 is 0 Å². The van der Waals surface area contributed by atoms with Gasteiger partial charge in [0.15, 0.2) is 5.82 Å². The van der Waals surface area contributed by atoms with Crippen LogP contribution in [0.3, 0.4) is 0 Å². The van der Waals surface area contributed by atoms with Crippen LogP contribution in [-0.2, 0) is 6.42 Å². The monoisotopic (exact) mass is 238 g/mol. The maximum absolute atomic E-state index is 3.80. The second kappa shape index (κ2) is 3.09. The van der Waals surface area contributed by atoms with Crippen molar-refractivity contribution in [3.63, 3.8) is 0 Å². The minimum atomic E-state index is 0.943. The first-order valence-corrected chi connectivity index (χ1v) is 3.74. The van der Waals surface area contributed by atoms with Crippen molar-refractivity contribution in [3.05, 3.63) is 5.82 Å². The van der Waals surface area contributed by atoms with Gasteiger partial charge in [0, 0.05) is 6.42 Å². The van der Waals surface area contributed by atoms with Crippen molar-refractivity contribution in [2.75, 3.05) is 0 Å². The van der Waals surface area contributed by atoms with E-state index < -0.39 is 0 Å². The molecule has 1 rings (SSSR count). The summed E-state index contributed by atoms with van der Waals surface area (Å²) in [4.78, 5) is 0. The topological polar surface area (TPSA) is 43.6 Å². The fourth-order valence-corrected chi connectivity index (χ4v) is 0.985. The highest BCUT2D eigenvalue weighted by atomic mass is 127. The van der Waals surface area contributed by atoms with E-state index in [-0.39, 0.29) is 0 Å². The number of nitrogens with zero attached hydrogens (tertiary/aromatic N) is 4. The Kier molecular flexibility index (Phi) is 2.38. The summed E-state index contributed by atoms with van der Waals surface area (Å²) in [6, 6.07) is 0. The molecule has 0 aliphatic rings. The largest absolute Gasteiger partial charge is 0.168 e. The van der Waals surface area contributed by atoms with Crippen LogP contribution in [0.5, 0.6) is 0 Å². The highest BCUT2D eigenvalue weighted by molar-refractivity contribution is 14.1. The maximum atomic E-state index is 3.80. The maximum Gasteiger partial charge on any atom is 0.162 e. The Morgan fingerprint density at radius 2 is 2.44 bits per heavy atom. The summed E-state index contributed by atoms with van der Waals surface area (Å²) in [7, 11) is 0. The summed E-state index contributed by atoms with van der Waals surface area (Å²) in [5.41, 5.74) is 0. The fraction of sp³-hybridized carbons (Fsp3) is 0.750. The van der Waals surface area contributed by atoms with Crippen LogP contribution in [0.15, 0.2) is 0 Å². The lowest BCUT2D eigenvalue weighted by Crippen LogP contribution is -1.91. The molecule has 0 amide bonds. The van der Waals surface area contributed by atoms with Gasteiger partial charge >= 0.3 is 0 Å². The zero-order valence-electron chi connectivity index (χ0n) is 5.08. The van der Waals surface area contributed by atoms with Gasteiger partial charge in [-0.3, -0.25) is 0 Å². The van der Waals surface area contributed by atoms with Crippen molar-refractivity contribution < 1.29 is 0 Å². The first-order valence-electron chi connectivity index (χ1n) is 2.78. The molecule has 0 aliphatic carbocycles. The molecule has 0 fully saturated rings. The lowest BCUT2D eigenvalue weighted by molar-refractivity contribution is 0.830. The second-order valence-electron chi connectivity index (χ2n) is 1.71. The third kappa shape index (κ3) is 1.60. The van der Waals surface area contributed by atoms with E-state index in [2.05, 4.69) is 45.3 Å². The molecule has 0 spiro atoms. The lowest BCUT2D eigenvalue weighted by atomic mass is 10.3. The molecule has 0 aliphatic heterocycles. The van der Waals surface area contributed by atoms with Crippen molar-refractivity contribution in [2.24, 2.45) is 0 Å². The molecular weight excluding hydrogens is 231 g/mol. The molecule has 0 unspecified atom stereocenters. The number of hydrogen-bond acceptors (Lipinski definition) is 3. The summed E-state index contributed by atoms with van der Waals surface area (Å²) in [6.07, 6.45) is 2.04. The lowest BCUT2D eigenvalue weighted by Gasteiger charge is -1.89.